The summed E-state index contributed by atoms with van der Waals surface area (Å²) in [4.78, 5) is 30.8. The van der Waals surface area contributed by atoms with Gasteiger partial charge in [-0.05, 0) is 39.5 Å². The summed E-state index contributed by atoms with van der Waals surface area (Å²) in [5, 5.41) is 0. The number of hydroxylamine groups is 1. The summed E-state index contributed by atoms with van der Waals surface area (Å²) in [5.41, 5.74) is 1.52. The number of cyclic esters (lactones) is 1. The lowest BCUT2D eigenvalue weighted by Crippen LogP contribution is -2.40. The fourth-order valence-electron chi connectivity index (χ4n) is 1.58. The van der Waals surface area contributed by atoms with E-state index in [2.05, 4.69) is 31.2 Å². The van der Waals surface area contributed by atoms with E-state index in [1.165, 1.54) is 0 Å². The van der Waals surface area contributed by atoms with Crippen molar-refractivity contribution in [2.75, 3.05) is 6.54 Å². The van der Waals surface area contributed by atoms with Crippen LogP contribution in [0.25, 0.3) is 0 Å². The fraction of sp³-hybridized carbons (Fsp3) is 0.824. The van der Waals surface area contributed by atoms with E-state index in [9.17, 15) is 9.59 Å². The van der Waals surface area contributed by atoms with Crippen molar-refractivity contribution < 1.29 is 19.2 Å². The summed E-state index contributed by atoms with van der Waals surface area (Å²) in [6.45, 7) is 16.0. The first-order chi connectivity index (χ1) is 10.4. The van der Waals surface area contributed by atoms with Gasteiger partial charge in [0.05, 0.1) is 0 Å². The predicted molar refractivity (Wildman–Crippen MR) is 91.2 cm³/mol. The van der Waals surface area contributed by atoms with Crippen molar-refractivity contribution in [1.29, 1.82) is 0 Å². The van der Waals surface area contributed by atoms with Crippen molar-refractivity contribution in [2.45, 2.75) is 79.4 Å². The molecule has 0 unspecified atom stereocenters. The van der Waals surface area contributed by atoms with E-state index < -0.39 is 11.1 Å². The molecule has 1 aliphatic heterocycles. The number of esters is 1. The molecule has 0 saturated carbocycles. The molecular weight excluding hydrogens is 296 g/mol. The van der Waals surface area contributed by atoms with Crippen molar-refractivity contribution in [1.82, 2.24) is 5.48 Å². The highest BCUT2D eigenvalue weighted by Crippen LogP contribution is 2.25. The van der Waals surface area contributed by atoms with Crippen LogP contribution < -0.4 is 5.48 Å². The number of hydrogen-bond acceptors (Lipinski definition) is 6. The van der Waals surface area contributed by atoms with Crippen LogP contribution in [-0.4, -0.2) is 35.8 Å². The van der Waals surface area contributed by atoms with Crippen LogP contribution in [-0.2, 0) is 19.2 Å². The van der Waals surface area contributed by atoms with E-state index in [1.54, 1.807) is 27.7 Å². The third-order valence-corrected chi connectivity index (χ3v) is 3.07. The molecule has 0 saturated heterocycles. The van der Waals surface area contributed by atoms with Gasteiger partial charge in [0.15, 0.2) is 11.1 Å². The number of nitrogens with one attached hydrogen (secondary N) is 1. The average Bonchev–Trinajstić information content (AvgIpc) is 2.69. The van der Waals surface area contributed by atoms with Crippen LogP contribution in [0.4, 0.5) is 0 Å². The van der Waals surface area contributed by atoms with E-state index in [4.69, 9.17) is 9.57 Å². The summed E-state index contributed by atoms with van der Waals surface area (Å²) in [5.74, 6) is -0.0240. The lowest BCUT2D eigenvalue weighted by molar-refractivity contribution is -0.139. The highest BCUT2D eigenvalue weighted by Gasteiger charge is 2.43. The first-order valence-corrected chi connectivity index (χ1v) is 8.03. The van der Waals surface area contributed by atoms with Gasteiger partial charge in [0.1, 0.15) is 6.29 Å². The third kappa shape index (κ3) is 8.23. The maximum atomic E-state index is 11.4. The monoisotopic (exact) mass is 328 g/mol. The molecule has 1 N–H and O–H groups in total. The van der Waals surface area contributed by atoms with Gasteiger partial charge in [0, 0.05) is 13.0 Å². The van der Waals surface area contributed by atoms with Crippen LogP contribution in [0.5, 0.6) is 0 Å². The van der Waals surface area contributed by atoms with Gasteiger partial charge in [-0.1, -0.05) is 27.7 Å². The van der Waals surface area contributed by atoms with Gasteiger partial charge in [-0.15, -0.1) is 0 Å². The van der Waals surface area contributed by atoms with Crippen molar-refractivity contribution >= 4 is 18.2 Å². The second-order valence-electron chi connectivity index (χ2n) is 7.74. The van der Waals surface area contributed by atoms with E-state index in [1.807, 2.05) is 6.92 Å². The molecule has 134 valence electrons. The Kier molecular flexibility index (Phi) is 8.07. The molecule has 0 aliphatic carbocycles. The molecule has 23 heavy (non-hydrogen) atoms. The quantitative estimate of drug-likeness (QED) is 0.461. The molecule has 0 aromatic rings. The Morgan fingerprint density at radius 1 is 1.26 bits per heavy atom. The van der Waals surface area contributed by atoms with E-state index in [-0.39, 0.29) is 5.97 Å². The number of nitrogens with zero attached hydrogens (tertiary/aromatic N) is 1. The summed E-state index contributed by atoms with van der Waals surface area (Å²) < 4.78 is 5.08. The topological polar surface area (TPSA) is 77.0 Å². The minimum Gasteiger partial charge on any atom is -0.407 e. The molecule has 0 atom stereocenters. The Balaban J connectivity index is 0.000000515. The van der Waals surface area contributed by atoms with Crippen molar-refractivity contribution in [3.63, 3.8) is 0 Å². The molecule has 1 rings (SSSR count). The van der Waals surface area contributed by atoms with Gasteiger partial charge in [-0.25, -0.2) is 15.3 Å². The van der Waals surface area contributed by atoms with Crippen LogP contribution in [0.15, 0.2) is 4.99 Å². The Hall–Kier alpha value is -1.27. The van der Waals surface area contributed by atoms with E-state index in [0.717, 1.165) is 12.7 Å². The molecular formula is C17H32N2O4. The SMILES string of the molecule is CC(C)(C)CCC=O.CCNOC(C)(C)C1=NC(C)(C)C(=O)O1. The molecule has 6 heteroatoms. The average molecular weight is 328 g/mol. The minimum absolute atomic E-state index is 0.318. The van der Waals surface area contributed by atoms with Gasteiger partial charge in [-0.3, -0.25) is 4.84 Å². The zero-order valence-electron chi connectivity index (χ0n) is 15.8. The lowest BCUT2D eigenvalue weighted by Gasteiger charge is -2.22. The smallest absolute Gasteiger partial charge is 0.340 e. The molecule has 0 bridgehead atoms. The van der Waals surface area contributed by atoms with Gasteiger partial charge in [0.25, 0.3) is 0 Å². The molecule has 0 aromatic carbocycles. The number of aliphatic imine (C=N–C) groups is 1. The second kappa shape index (κ2) is 8.55. The Morgan fingerprint density at radius 3 is 2.13 bits per heavy atom. The minimum atomic E-state index is -0.803. The highest BCUT2D eigenvalue weighted by atomic mass is 16.7. The summed E-state index contributed by atoms with van der Waals surface area (Å²) in [6, 6.07) is 0. The number of aldehydes is 1. The lowest BCUT2D eigenvalue weighted by atomic mass is 9.91. The predicted octanol–water partition coefficient (Wildman–Crippen LogP) is 3.05. The maximum Gasteiger partial charge on any atom is 0.340 e. The van der Waals surface area contributed by atoms with Gasteiger partial charge < -0.3 is 9.53 Å². The number of carbonyl (C=O) groups excluding carboxylic acids is 2. The standard InChI is InChI=1S/C10H18N2O3.C7H14O/c1-6-11-15-10(4,5)7-12-9(2,3)8(13)14-7;1-7(2,3)5-4-6-8/h11H,6H2,1-5H3;6H,4-5H2,1-3H3. The van der Waals surface area contributed by atoms with Crippen molar-refractivity contribution in [3.05, 3.63) is 0 Å². The second-order valence-corrected chi connectivity index (χ2v) is 7.74. The summed E-state index contributed by atoms with van der Waals surface area (Å²) >= 11 is 0. The Morgan fingerprint density at radius 2 is 1.83 bits per heavy atom. The number of carbonyl (C=O) groups is 2. The van der Waals surface area contributed by atoms with E-state index >= 15 is 0 Å². The van der Waals surface area contributed by atoms with Crippen LogP contribution in [0.3, 0.4) is 0 Å². The maximum absolute atomic E-state index is 11.4. The molecule has 1 aliphatic rings. The van der Waals surface area contributed by atoms with Crippen LogP contribution in [0.2, 0.25) is 0 Å². The first-order valence-electron chi connectivity index (χ1n) is 8.03. The number of hydrogen-bond donors (Lipinski definition) is 1. The molecule has 1 heterocycles. The third-order valence-electron chi connectivity index (χ3n) is 3.07. The van der Waals surface area contributed by atoms with Gasteiger partial charge >= 0.3 is 5.97 Å². The molecule has 6 nitrogen and oxygen atoms in total. The Labute approximate surface area is 140 Å². The first kappa shape index (κ1) is 21.7. The van der Waals surface area contributed by atoms with Crippen molar-refractivity contribution in [2.24, 2.45) is 10.4 Å². The van der Waals surface area contributed by atoms with Crippen molar-refractivity contribution in [3.8, 4) is 0 Å². The van der Waals surface area contributed by atoms with Gasteiger partial charge in [-0.2, -0.15) is 0 Å². The summed E-state index contributed by atoms with van der Waals surface area (Å²) in [7, 11) is 0. The van der Waals surface area contributed by atoms with Crippen LogP contribution in [0, 0.1) is 5.41 Å². The molecule has 0 spiro atoms. The molecule has 0 fully saturated rings. The number of rotatable bonds is 6. The number of ether oxygens (including phenoxy) is 1. The highest BCUT2D eigenvalue weighted by molar-refractivity contribution is 6.02. The van der Waals surface area contributed by atoms with Crippen LogP contribution >= 0.6 is 0 Å². The largest absolute Gasteiger partial charge is 0.407 e. The zero-order chi connectivity index (χ0) is 18.3. The molecule has 0 amide bonds. The molecule has 0 aromatic heterocycles. The fourth-order valence-corrected chi connectivity index (χ4v) is 1.58. The van der Waals surface area contributed by atoms with Gasteiger partial charge in [0.2, 0.25) is 5.90 Å². The molecule has 0 radical (unpaired) electrons. The normalized spacial score (nSPS) is 17.0. The Bertz CT molecular complexity index is 434. The van der Waals surface area contributed by atoms with Crippen LogP contribution in [0.1, 0.15) is 68.2 Å². The zero-order valence-corrected chi connectivity index (χ0v) is 15.8. The van der Waals surface area contributed by atoms with E-state index in [0.29, 0.717) is 24.3 Å². The summed E-state index contributed by atoms with van der Waals surface area (Å²) in [6.07, 6.45) is 2.67.